The van der Waals surface area contributed by atoms with Gasteiger partial charge in [0.1, 0.15) is 0 Å². The van der Waals surface area contributed by atoms with Crippen molar-refractivity contribution in [2.75, 3.05) is 7.05 Å². The van der Waals surface area contributed by atoms with Gasteiger partial charge in [0.2, 0.25) is 0 Å². The Hall–Kier alpha value is -0.890. The Balaban J connectivity index is 2.17. The van der Waals surface area contributed by atoms with Crippen molar-refractivity contribution in [2.24, 2.45) is 5.92 Å². The minimum absolute atomic E-state index is 0.462. The van der Waals surface area contributed by atoms with Crippen LogP contribution >= 0.6 is 0 Å². The topological polar surface area (TPSA) is 24.9 Å². The molecule has 1 aliphatic carbocycles. The van der Waals surface area contributed by atoms with Gasteiger partial charge in [-0.3, -0.25) is 4.98 Å². The first-order valence-electron chi connectivity index (χ1n) is 5.42. The van der Waals surface area contributed by atoms with Gasteiger partial charge in [-0.1, -0.05) is 12.5 Å². The summed E-state index contributed by atoms with van der Waals surface area (Å²) >= 11 is 0. The van der Waals surface area contributed by atoms with Crippen molar-refractivity contribution in [3.05, 3.63) is 29.6 Å². The van der Waals surface area contributed by atoms with E-state index in [0.717, 1.165) is 11.6 Å². The summed E-state index contributed by atoms with van der Waals surface area (Å²) in [5, 5.41) is 3.38. The maximum absolute atomic E-state index is 4.58. The van der Waals surface area contributed by atoms with Crippen LogP contribution in [0.25, 0.3) is 0 Å². The monoisotopic (exact) mass is 190 g/mol. The molecule has 14 heavy (non-hydrogen) atoms. The number of aromatic nitrogens is 1. The van der Waals surface area contributed by atoms with Gasteiger partial charge in [-0.05, 0) is 44.9 Å². The van der Waals surface area contributed by atoms with E-state index in [1.807, 2.05) is 7.05 Å². The Kier molecular flexibility index (Phi) is 2.82. The van der Waals surface area contributed by atoms with Gasteiger partial charge in [0.05, 0.1) is 11.7 Å². The van der Waals surface area contributed by atoms with Gasteiger partial charge in [0.15, 0.2) is 0 Å². The predicted molar refractivity (Wildman–Crippen MR) is 58.1 cm³/mol. The van der Waals surface area contributed by atoms with Crippen LogP contribution in [0.2, 0.25) is 0 Å². The summed E-state index contributed by atoms with van der Waals surface area (Å²) in [6.45, 7) is 2.05. The van der Waals surface area contributed by atoms with Gasteiger partial charge in [-0.25, -0.2) is 0 Å². The van der Waals surface area contributed by atoms with Crippen molar-refractivity contribution < 1.29 is 0 Å². The van der Waals surface area contributed by atoms with Crippen LogP contribution in [0.1, 0.15) is 36.7 Å². The van der Waals surface area contributed by atoms with Gasteiger partial charge in [-0.15, -0.1) is 0 Å². The first-order valence-corrected chi connectivity index (χ1v) is 5.42. The minimum Gasteiger partial charge on any atom is -0.311 e. The van der Waals surface area contributed by atoms with E-state index in [9.17, 15) is 0 Å². The van der Waals surface area contributed by atoms with Crippen LogP contribution in [0.3, 0.4) is 0 Å². The molecule has 1 unspecified atom stereocenters. The molecule has 1 aromatic heterocycles. The van der Waals surface area contributed by atoms with Crippen LogP contribution in [-0.2, 0) is 0 Å². The van der Waals surface area contributed by atoms with E-state index in [2.05, 4.69) is 35.4 Å². The zero-order valence-electron chi connectivity index (χ0n) is 8.96. The average molecular weight is 190 g/mol. The number of nitrogens with one attached hydrogen (secondary N) is 1. The second-order valence-corrected chi connectivity index (χ2v) is 4.16. The van der Waals surface area contributed by atoms with Crippen molar-refractivity contribution in [3.8, 4) is 0 Å². The van der Waals surface area contributed by atoms with Gasteiger partial charge in [0, 0.05) is 5.69 Å². The molecular weight excluding hydrogens is 172 g/mol. The fourth-order valence-electron chi connectivity index (χ4n) is 2.14. The van der Waals surface area contributed by atoms with Crippen molar-refractivity contribution in [2.45, 2.75) is 32.2 Å². The zero-order valence-corrected chi connectivity index (χ0v) is 8.96. The fraction of sp³-hybridized carbons (Fsp3) is 0.583. The first kappa shape index (κ1) is 9.66. The van der Waals surface area contributed by atoms with Crippen LogP contribution in [-0.4, -0.2) is 12.0 Å². The molecule has 1 aliphatic rings. The molecule has 2 heteroatoms. The third-order valence-corrected chi connectivity index (χ3v) is 3.16. The van der Waals surface area contributed by atoms with Crippen LogP contribution in [0, 0.1) is 12.8 Å². The highest BCUT2D eigenvalue weighted by Crippen LogP contribution is 2.36. The van der Waals surface area contributed by atoms with E-state index in [1.165, 1.54) is 25.0 Å². The van der Waals surface area contributed by atoms with Crippen LogP contribution in [0.15, 0.2) is 18.2 Å². The molecule has 76 valence electrons. The Morgan fingerprint density at radius 3 is 2.71 bits per heavy atom. The molecule has 1 heterocycles. The molecule has 0 aromatic carbocycles. The Labute approximate surface area is 85.7 Å². The number of hydrogen-bond donors (Lipinski definition) is 1. The van der Waals surface area contributed by atoms with E-state index in [1.54, 1.807) is 0 Å². The Bertz CT molecular complexity index is 305. The summed E-state index contributed by atoms with van der Waals surface area (Å²) in [4.78, 5) is 4.58. The molecule has 0 bridgehead atoms. The lowest BCUT2D eigenvalue weighted by Gasteiger charge is -2.33. The highest BCUT2D eigenvalue weighted by atomic mass is 14.9. The number of nitrogens with zero attached hydrogens (tertiary/aromatic N) is 1. The number of rotatable bonds is 3. The summed E-state index contributed by atoms with van der Waals surface area (Å²) in [6, 6.07) is 6.74. The van der Waals surface area contributed by atoms with Gasteiger partial charge < -0.3 is 5.32 Å². The quantitative estimate of drug-likeness (QED) is 0.792. The predicted octanol–water partition coefficient (Wildman–Crippen LogP) is 2.45. The van der Waals surface area contributed by atoms with Gasteiger partial charge >= 0.3 is 0 Å². The minimum atomic E-state index is 0.462. The van der Waals surface area contributed by atoms with Crippen molar-refractivity contribution in [1.82, 2.24) is 10.3 Å². The largest absolute Gasteiger partial charge is 0.311 e. The lowest BCUT2D eigenvalue weighted by molar-refractivity contribution is 0.236. The lowest BCUT2D eigenvalue weighted by atomic mass is 9.78. The second kappa shape index (κ2) is 4.09. The van der Waals surface area contributed by atoms with Crippen LogP contribution < -0.4 is 5.32 Å². The molecule has 1 saturated carbocycles. The Morgan fingerprint density at radius 2 is 2.21 bits per heavy atom. The molecule has 0 amide bonds. The molecule has 1 atom stereocenters. The van der Waals surface area contributed by atoms with Gasteiger partial charge in [-0.2, -0.15) is 0 Å². The molecule has 0 aliphatic heterocycles. The highest BCUT2D eigenvalue weighted by molar-refractivity contribution is 5.14. The summed E-state index contributed by atoms with van der Waals surface area (Å²) in [5.41, 5.74) is 2.32. The van der Waals surface area contributed by atoms with E-state index < -0.39 is 0 Å². The molecule has 0 saturated heterocycles. The van der Waals surface area contributed by atoms with Crippen molar-refractivity contribution in [3.63, 3.8) is 0 Å². The molecule has 0 spiro atoms. The molecule has 1 aromatic rings. The van der Waals surface area contributed by atoms with Crippen molar-refractivity contribution in [1.29, 1.82) is 0 Å². The molecule has 1 fully saturated rings. The zero-order chi connectivity index (χ0) is 9.97. The van der Waals surface area contributed by atoms with Gasteiger partial charge in [0.25, 0.3) is 0 Å². The maximum atomic E-state index is 4.58. The second-order valence-electron chi connectivity index (χ2n) is 4.16. The summed E-state index contributed by atoms with van der Waals surface area (Å²) in [7, 11) is 2.03. The molecular formula is C12H18N2. The molecule has 1 N–H and O–H groups in total. The van der Waals surface area contributed by atoms with Crippen LogP contribution in [0.4, 0.5) is 0 Å². The van der Waals surface area contributed by atoms with Crippen molar-refractivity contribution >= 4 is 0 Å². The fourth-order valence-corrected chi connectivity index (χ4v) is 2.14. The maximum Gasteiger partial charge on any atom is 0.0579 e. The third kappa shape index (κ3) is 1.80. The summed E-state index contributed by atoms with van der Waals surface area (Å²) in [5.74, 6) is 0.800. The van der Waals surface area contributed by atoms with E-state index >= 15 is 0 Å². The number of pyridine rings is 1. The summed E-state index contributed by atoms with van der Waals surface area (Å²) in [6.07, 6.45) is 4.08. The van der Waals surface area contributed by atoms with E-state index in [-0.39, 0.29) is 0 Å². The smallest absolute Gasteiger partial charge is 0.0579 e. The SMILES string of the molecule is CNC(c1cccc(C)n1)C1CCC1. The van der Waals surface area contributed by atoms with Crippen LogP contribution in [0.5, 0.6) is 0 Å². The number of aryl methyl sites for hydroxylation is 1. The van der Waals surface area contributed by atoms with E-state index in [0.29, 0.717) is 6.04 Å². The molecule has 0 radical (unpaired) electrons. The average Bonchev–Trinajstić information content (AvgIpc) is 2.10. The summed E-state index contributed by atoms with van der Waals surface area (Å²) < 4.78 is 0. The first-order chi connectivity index (χ1) is 6.81. The molecule has 2 nitrogen and oxygen atoms in total. The van der Waals surface area contributed by atoms with E-state index in [4.69, 9.17) is 0 Å². The normalized spacial score (nSPS) is 19.0. The Morgan fingerprint density at radius 1 is 1.43 bits per heavy atom. The lowest BCUT2D eigenvalue weighted by Crippen LogP contribution is -2.30. The third-order valence-electron chi connectivity index (χ3n) is 3.16. The standard InChI is InChI=1S/C12H18N2/c1-9-5-3-8-11(14-9)12(13-2)10-6-4-7-10/h3,5,8,10,12-13H,4,6-7H2,1-2H3. The number of hydrogen-bond acceptors (Lipinski definition) is 2. The molecule has 2 rings (SSSR count). The highest BCUT2D eigenvalue weighted by Gasteiger charge is 2.27.